The van der Waals surface area contributed by atoms with Crippen LogP contribution in [0.2, 0.25) is 0 Å². The van der Waals surface area contributed by atoms with E-state index in [1.54, 1.807) is 34.6 Å². The predicted molar refractivity (Wildman–Crippen MR) is 130 cm³/mol. The highest BCUT2D eigenvalue weighted by Crippen LogP contribution is 2.34. The first kappa shape index (κ1) is 22.6. The largest absolute Gasteiger partial charge is 0.507 e. The van der Waals surface area contributed by atoms with Crippen LogP contribution in [0.1, 0.15) is 40.4 Å². The Morgan fingerprint density at radius 2 is 2.09 bits per heavy atom. The van der Waals surface area contributed by atoms with Crippen LogP contribution in [-0.2, 0) is 35.5 Å². The van der Waals surface area contributed by atoms with Crippen molar-refractivity contribution in [2.45, 2.75) is 45.2 Å². The lowest BCUT2D eigenvalue weighted by Crippen LogP contribution is -2.32. The summed E-state index contributed by atoms with van der Waals surface area (Å²) < 4.78 is 8.15. The van der Waals surface area contributed by atoms with Gasteiger partial charge < -0.3 is 24.0 Å². The van der Waals surface area contributed by atoms with Gasteiger partial charge in [-0.2, -0.15) is 0 Å². The van der Waals surface area contributed by atoms with E-state index in [-0.39, 0.29) is 23.3 Å². The van der Waals surface area contributed by atoms with E-state index in [4.69, 9.17) is 4.74 Å². The maximum Gasteiger partial charge on any atom is 0.306 e. The van der Waals surface area contributed by atoms with E-state index in [1.165, 1.54) is 13.2 Å². The van der Waals surface area contributed by atoms with Crippen LogP contribution in [0.25, 0.3) is 10.9 Å². The molecule has 0 aliphatic carbocycles. The minimum Gasteiger partial charge on any atom is -0.507 e. The monoisotopic (exact) mass is 474 g/mol. The van der Waals surface area contributed by atoms with Gasteiger partial charge in [0, 0.05) is 48.6 Å². The number of benzene rings is 1. The van der Waals surface area contributed by atoms with Gasteiger partial charge in [0.15, 0.2) is 0 Å². The average Bonchev–Trinajstić information content (AvgIpc) is 3.51. The Morgan fingerprint density at radius 3 is 2.83 bits per heavy atom. The molecule has 0 radical (unpaired) electrons. The van der Waals surface area contributed by atoms with Crippen molar-refractivity contribution in [3.05, 3.63) is 91.6 Å². The Hall–Kier alpha value is -4.14. The van der Waals surface area contributed by atoms with Crippen LogP contribution in [0.4, 0.5) is 0 Å². The molecule has 9 nitrogen and oxygen atoms in total. The van der Waals surface area contributed by atoms with Crippen molar-refractivity contribution in [2.24, 2.45) is 0 Å². The van der Waals surface area contributed by atoms with Gasteiger partial charge in [0.05, 0.1) is 30.9 Å². The van der Waals surface area contributed by atoms with E-state index in [0.717, 1.165) is 28.6 Å². The lowest BCUT2D eigenvalue weighted by Gasteiger charge is -2.21. The van der Waals surface area contributed by atoms with E-state index in [0.29, 0.717) is 30.8 Å². The minimum absolute atomic E-state index is 0.0176. The van der Waals surface area contributed by atoms with Crippen LogP contribution in [0.15, 0.2) is 52.4 Å². The molecule has 5 rings (SSSR count). The van der Waals surface area contributed by atoms with Crippen LogP contribution in [0.3, 0.4) is 0 Å². The lowest BCUT2D eigenvalue weighted by atomic mass is 9.88. The number of rotatable bonds is 7. The molecular weight excluding hydrogens is 448 g/mol. The molecule has 0 bridgehead atoms. The highest BCUT2D eigenvalue weighted by molar-refractivity contribution is 5.84. The van der Waals surface area contributed by atoms with Crippen molar-refractivity contribution < 1.29 is 14.6 Å². The maximum atomic E-state index is 13.7. The zero-order valence-electron chi connectivity index (χ0n) is 19.6. The van der Waals surface area contributed by atoms with Gasteiger partial charge in [-0.15, -0.1) is 0 Å². The first-order valence-corrected chi connectivity index (χ1v) is 11.5. The third kappa shape index (κ3) is 3.92. The number of nitrogens with zero attached hydrogens (tertiary/aromatic N) is 3. The standard InChI is InChI=1S/C26H26N4O5/c1-15-10-21(31)23(26(34)29(15)9-7-18-13-27-14-28-18)19(12-22(32)35-2)20-11-17-5-3-4-16-6-8-30(24(16)17)25(20)33/h3-5,10-11,13-14,19,31H,6-9,12H2,1-2H3,(H,27,28)/t19-/m1/s1. The molecule has 1 aromatic carbocycles. The SMILES string of the molecule is COC(=O)C[C@@H](c1c(O)cc(C)n(CCc2cnc[nH]2)c1=O)c1cc2cccc3c2n(c1=O)CC3. The molecule has 180 valence electrons. The van der Waals surface area contributed by atoms with Crippen LogP contribution in [0.5, 0.6) is 5.75 Å². The number of carbonyl (C=O) groups excluding carboxylic acids is 1. The molecule has 4 aromatic rings. The number of imidazole rings is 1. The summed E-state index contributed by atoms with van der Waals surface area (Å²) in [6.07, 6.45) is 4.28. The Kier molecular flexibility index (Phi) is 5.76. The number of pyridine rings is 2. The normalized spacial score (nSPS) is 13.3. The molecule has 1 atom stereocenters. The second-order valence-corrected chi connectivity index (χ2v) is 8.86. The molecule has 0 saturated carbocycles. The number of aromatic hydroxyl groups is 1. The molecule has 1 aliphatic heterocycles. The number of para-hydroxylation sites is 1. The summed E-state index contributed by atoms with van der Waals surface area (Å²) in [4.78, 5) is 46.8. The van der Waals surface area contributed by atoms with Crippen LogP contribution >= 0.6 is 0 Å². The van der Waals surface area contributed by atoms with Crippen molar-refractivity contribution in [1.29, 1.82) is 0 Å². The molecule has 3 aromatic heterocycles. The number of methoxy groups -OCH3 is 1. The number of nitrogens with one attached hydrogen (secondary N) is 1. The average molecular weight is 475 g/mol. The smallest absolute Gasteiger partial charge is 0.306 e. The van der Waals surface area contributed by atoms with Crippen molar-refractivity contribution >= 4 is 16.9 Å². The van der Waals surface area contributed by atoms with Gasteiger partial charge in [-0.3, -0.25) is 14.4 Å². The van der Waals surface area contributed by atoms with E-state index in [9.17, 15) is 19.5 Å². The second kappa shape index (κ2) is 8.90. The van der Waals surface area contributed by atoms with Crippen LogP contribution < -0.4 is 11.1 Å². The molecule has 9 heteroatoms. The summed E-state index contributed by atoms with van der Waals surface area (Å²) in [5.41, 5.74) is 3.01. The summed E-state index contributed by atoms with van der Waals surface area (Å²) in [6, 6.07) is 9.09. The fraction of sp³-hybridized carbons (Fsp3) is 0.308. The Morgan fingerprint density at radius 1 is 1.26 bits per heavy atom. The molecule has 0 amide bonds. The highest BCUT2D eigenvalue weighted by Gasteiger charge is 2.30. The van der Waals surface area contributed by atoms with Gasteiger partial charge >= 0.3 is 5.97 Å². The van der Waals surface area contributed by atoms with E-state index >= 15 is 0 Å². The number of aryl methyl sites for hydroxylation is 4. The Balaban J connectivity index is 1.68. The van der Waals surface area contributed by atoms with Crippen LogP contribution in [-0.4, -0.2) is 37.3 Å². The van der Waals surface area contributed by atoms with Gasteiger partial charge in [0.1, 0.15) is 5.75 Å². The quantitative estimate of drug-likeness (QED) is 0.397. The third-order valence-corrected chi connectivity index (χ3v) is 6.83. The second-order valence-electron chi connectivity index (χ2n) is 8.86. The summed E-state index contributed by atoms with van der Waals surface area (Å²) in [5.74, 6) is -1.78. The summed E-state index contributed by atoms with van der Waals surface area (Å²) in [7, 11) is 1.26. The number of hydrogen-bond donors (Lipinski definition) is 2. The minimum atomic E-state index is -0.959. The first-order valence-electron chi connectivity index (χ1n) is 11.5. The third-order valence-electron chi connectivity index (χ3n) is 6.83. The van der Waals surface area contributed by atoms with Crippen molar-refractivity contribution in [3.8, 4) is 5.75 Å². The van der Waals surface area contributed by atoms with Crippen LogP contribution in [0, 0.1) is 6.92 Å². The van der Waals surface area contributed by atoms with Gasteiger partial charge in [-0.05, 0) is 36.4 Å². The topological polar surface area (TPSA) is 119 Å². The van der Waals surface area contributed by atoms with E-state index < -0.39 is 17.4 Å². The number of esters is 1. The molecule has 1 aliphatic rings. The number of hydrogen-bond acceptors (Lipinski definition) is 6. The molecule has 2 N–H and O–H groups in total. The molecule has 0 fully saturated rings. The van der Waals surface area contributed by atoms with Gasteiger partial charge in [-0.1, -0.05) is 18.2 Å². The molecule has 0 spiro atoms. The van der Waals surface area contributed by atoms with Gasteiger partial charge in [-0.25, -0.2) is 4.98 Å². The summed E-state index contributed by atoms with van der Waals surface area (Å²) in [5, 5.41) is 11.8. The zero-order chi connectivity index (χ0) is 24.7. The predicted octanol–water partition coefficient (Wildman–Crippen LogP) is 2.39. The number of H-pyrrole nitrogens is 1. The van der Waals surface area contributed by atoms with Crippen molar-refractivity contribution in [2.75, 3.05) is 7.11 Å². The maximum absolute atomic E-state index is 13.7. The van der Waals surface area contributed by atoms with E-state index in [1.807, 2.05) is 18.2 Å². The Bertz CT molecular complexity index is 1550. The summed E-state index contributed by atoms with van der Waals surface area (Å²) >= 11 is 0. The molecule has 0 saturated heterocycles. The summed E-state index contributed by atoms with van der Waals surface area (Å²) in [6.45, 7) is 2.61. The van der Waals surface area contributed by atoms with E-state index in [2.05, 4.69) is 9.97 Å². The number of ether oxygens (including phenoxy) is 1. The van der Waals surface area contributed by atoms with Gasteiger partial charge in [0.2, 0.25) is 0 Å². The molecule has 0 unspecified atom stereocenters. The van der Waals surface area contributed by atoms with Crippen molar-refractivity contribution in [1.82, 2.24) is 19.1 Å². The molecule has 4 heterocycles. The first-order chi connectivity index (χ1) is 16.9. The fourth-order valence-electron chi connectivity index (χ4n) is 5.09. The van der Waals surface area contributed by atoms with Gasteiger partial charge in [0.25, 0.3) is 11.1 Å². The zero-order valence-corrected chi connectivity index (χ0v) is 19.6. The number of aromatic nitrogens is 4. The molecule has 35 heavy (non-hydrogen) atoms. The number of carbonyl (C=O) groups is 1. The fourth-order valence-corrected chi connectivity index (χ4v) is 5.09. The Labute approximate surface area is 200 Å². The lowest BCUT2D eigenvalue weighted by molar-refractivity contribution is -0.140. The van der Waals surface area contributed by atoms with Crippen molar-refractivity contribution in [3.63, 3.8) is 0 Å². The molecular formula is C26H26N4O5. The highest BCUT2D eigenvalue weighted by atomic mass is 16.5. The number of aromatic amines is 1.